The monoisotopic (exact) mass is 250 g/mol. The average molecular weight is 251 g/mol. The van der Waals surface area contributed by atoms with Gasteiger partial charge < -0.3 is 11.5 Å². The first-order valence-electron chi connectivity index (χ1n) is 5.58. The van der Waals surface area contributed by atoms with E-state index >= 15 is 0 Å². The Labute approximate surface area is 105 Å². The molecule has 0 aliphatic rings. The summed E-state index contributed by atoms with van der Waals surface area (Å²) >= 11 is 5.65. The molecule has 2 rings (SSSR count). The third-order valence-electron chi connectivity index (χ3n) is 2.70. The number of aryl methyl sites for hydroxylation is 1. The van der Waals surface area contributed by atoms with E-state index in [0.29, 0.717) is 22.8 Å². The first-order chi connectivity index (χ1) is 8.24. The van der Waals surface area contributed by atoms with Crippen LogP contribution in [0.1, 0.15) is 18.5 Å². The lowest BCUT2D eigenvalue weighted by Crippen LogP contribution is -2.05. The van der Waals surface area contributed by atoms with Gasteiger partial charge in [-0.15, -0.1) is 11.6 Å². The summed E-state index contributed by atoms with van der Waals surface area (Å²) in [5.41, 5.74) is 15.3. The quantitative estimate of drug-likeness (QED) is 0.645. The van der Waals surface area contributed by atoms with Gasteiger partial charge in [-0.2, -0.15) is 0 Å². The third kappa shape index (κ3) is 2.42. The molecule has 0 spiro atoms. The zero-order chi connectivity index (χ0) is 12.3. The molecular weight excluding hydrogens is 236 g/mol. The number of pyridine rings is 2. The molecule has 17 heavy (non-hydrogen) atoms. The van der Waals surface area contributed by atoms with E-state index in [2.05, 4.69) is 9.97 Å². The number of nitrogens with two attached hydrogens (primary N) is 2. The second-order valence-corrected chi connectivity index (χ2v) is 4.28. The summed E-state index contributed by atoms with van der Waals surface area (Å²) in [6.07, 6.45) is 4.40. The molecule has 4 N–H and O–H groups in total. The second kappa shape index (κ2) is 5.19. The number of nitrogen functional groups attached to an aromatic ring is 2. The summed E-state index contributed by atoms with van der Waals surface area (Å²) in [4.78, 5) is 8.69. The van der Waals surface area contributed by atoms with Crippen molar-refractivity contribution in [2.75, 3.05) is 17.3 Å². The number of hydrogen-bond acceptors (Lipinski definition) is 4. The first-order valence-corrected chi connectivity index (χ1v) is 6.12. The highest BCUT2D eigenvalue weighted by Gasteiger charge is 2.10. The van der Waals surface area contributed by atoms with E-state index in [1.807, 2.05) is 12.1 Å². The molecule has 0 fully saturated rings. The minimum absolute atomic E-state index is 0.525. The summed E-state index contributed by atoms with van der Waals surface area (Å²) in [6.45, 7) is 0. The van der Waals surface area contributed by atoms with Crippen LogP contribution in [0.5, 0.6) is 0 Å². The molecule has 0 aromatic carbocycles. The van der Waals surface area contributed by atoms with Gasteiger partial charge in [0.05, 0.1) is 22.6 Å². The van der Waals surface area contributed by atoms with Crippen molar-refractivity contribution in [2.45, 2.75) is 19.3 Å². The number of hydrogen-bond donors (Lipinski definition) is 2. The van der Waals surface area contributed by atoms with E-state index in [1.165, 1.54) is 0 Å². The molecular formula is C12H15ClN4. The topological polar surface area (TPSA) is 77.8 Å². The van der Waals surface area contributed by atoms with E-state index in [-0.39, 0.29) is 0 Å². The number of aromatic nitrogens is 2. The summed E-state index contributed by atoms with van der Waals surface area (Å²) < 4.78 is 0. The molecule has 2 aromatic heterocycles. The number of nitrogens with zero attached hydrogens (tertiary/aromatic N) is 2. The summed E-state index contributed by atoms with van der Waals surface area (Å²) in [5.74, 6) is 0.657. The van der Waals surface area contributed by atoms with Crippen molar-refractivity contribution in [3.05, 3.63) is 24.0 Å². The molecule has 5 heteroatoms. The van der Waals surface area contributed by atoms with Crippen LogP contribution in [0.15, 0.2) is 18.3 Å². The second-order valence-electron chi connectivity index (χ2n) is 3.90. The smallest absolute Gasteiger partial charge is 0.114 e. The van der Waals surface area contributed by atoms with Crippen LogP contribution in [0.2, 0.25) is 0 Å². The average Bonchev–Trinajstić information content (AvgIpc) is 2.35. The molecule has 2 aromatic rings. The molecule has 0 aliphatic carbocycles. The molecule has 0 unspecified atom stereocenters. The van der Waals surface area contributed by atoms with Crippen molar-refractivity contribution in [2.24, 2.45) is 0 Å². The van der Waals surface area contributed by atoms with E-state index in [9.17, 15) is 0 Å². The van der Waals surface area contributed by atoms with Gasteiger partial charge in [0.25, 0.3) is 0 Å². The molecule has 0 aliphatic heterocycles. The Morgan fingerprint density at radius 3 is 2.76 bits per heavy atom. The van der Waals surface area contributed by atoms with Gasteiger partial charge in [-0.3, -0.25) is 4.98 Å². The van der Waals surface area contributed by atoms with Gasteiger partial charge in [-0.1, -0.05) is 0 Å². The Morgan fingerprint density at radius 2 is 2.00 bits per heavy atom. The maximum absolute atomic E-state index is 5.97. The summed E-state index contributed by atoms with van der Waals surface area (Å²) in [5, 5.41) is 0. The Kier molecular flexibility index (Phi) is 3.64. The molecule has 0 radical (unpaired) electrons. The van der Waals surface area contributed by atoms with Gasteiger partial charge in [0.15, 0.2) is 0 Å². The van der Waals surface area contributed by atoms with Crippen molar-refractivity contribution in [1.29, 1.82) is 0 Å². The molecule has 0 atom stereocenters. The summed E-state index contributed by atoms with van der Waals surface area (Å²) in [6, 6.07) is 3.73. The molecule has 0 saturated heterocycles. The van der Waals surface area contributed by atoms with Crippen LogP contribution in [0.3, 0.4) is 0 Å². The van der Waals surface area contributed by atoms with Crippen molar-refractivity contribution in [1.82, 2.24) is 9.97 Å². The van der Waals surface area contributed by atoms with Gasteiger partial charge >= 0.3 is 0 Å². The number of halogens is 1. The zero-order valence-electron chi connectivity index (χ0n) is 9.49. The van der Waals surface area contributed by atoms with Gasteiger partial charge in [0, 0.05) is 12.1 Å². The van der Waals surface area contributed by atoms with Crippen molar-refractivity contribution in [3.63, 3.8) is 0 Å². The minimum Gasteiger partial charge on any atom is -0.396 e. The molecule has 2 heterocycles. The fourth-order valence-electron chi connectivity index (χ4n) is 1.76. The molecule has 0 amide bonds. The van der Waals surface area contributed by atoms with E-state index in [1.54, 1.807) is 6.20 Å². The molecule has 0 bridgehead atoms. The van der Waals surface area contributed by atoms with Crippen molar-refractivity contribution < 1.29 is 0 Å². The highest BCUT2D eigenvalue weighted by atomic mass is 35.5. The third-order valence-corrected chi connectivity index (χ3v) is 2.96. The van der Waals surface area contributed by atoms with Gasteiger partial charge in [-0.25, -0.2) is 4.98 Å². The highest BCUT2D eigenvalue weighted by molar-refractivity contribution is 6.17. The lowest BCUT2D eigenvalue weighted by atomic mass is 10.1. The number of anilines is 2. The maximum atomic E-state index is 5.97. The summed E-state index contributed by atoms with van der Waals surface area (Å²) in [7, 11) is 0. The molecule has 0 saturated carbocycles. The van der Waals surface area contributed by atoms with Crippen LogP contribution < -0.4 is 11.5 Å². The zero-order valence-corrected chi connectivity index (χ0v) is 10.2. The van der Waals surface area contributed by atoms with Gasteiger partial charge in [0.1, 0.15) is 5.52 Å². The molecule has 4 nitrogen and oxygen atoms in total. The first kappa shape index (κ1) is 11.9. The normalized spacial score (nSPS) is 10.9. The van der Waals surface area contributed by atoms with Crippen molar-refractivity contribution >= 4 is 34.0 Å². The minimum atomic E-state index is 0.525. The number of rotatable bonds is 4. The Bertz CT molecular complexity index is 527. The number of unbranched alkanes of at least 4 members (excludes halogenated alkanes) is 1. The van der Waals surface area contributed by atoms with Crippen LogP contribution in [-0.2, 0) is 6.42 Å². The van der Waals surface area contributed by atoms with Crippen LogP contribution in [0, 0.1) is 0 Å². The van der Waals surface area contributed by atoms with E-state index in [0.717, 1.165) is 30.5 Å². The highest BCUT2D eigenvalue weighted by Crippen LogP contribution is 2.27. The standard InChI is InChI=1S/C12H15ClN4/c13-6-2-1-4-8-10(14)11(15)12-9(17-8)5-3-7-16-12/h3,5,7H,1-2,4,6,14H2,(H2,15,17). The Balaban J connectivity index is 2.39. The van der Waals surface area contributed by atoms with Crippen LogP contribution in [-0.4, -0.2) is 15.8 Å². The van der Waals surface area contributed by atoms with Crippen molar-refractivity contribution in [3.8, 4) is 0 Å². The van der Waals surface area contributed by atoms with E-state index in [4.69, 9.17) is 23.1 Å². The van der Waals surface area contributed by atoms with Gasteiger partial charge in [0.2, 0.25) is 0 Å². The fourth-order valence-corrected chi connectivity index (χ4v) is 1.95. The maximum Gasteiger partial charge on any atom is 0.114 e. The van der Waals surface area contributed by atoms with Crippen LogP contribution in [0.4, 0.5) is 11.4 Å². The SMILES string of the molecule is Nc1c(CCCCCl)nc2cccnc2c1N. The predicted molar refractivity (Wildman–Crippen MR) is 72.0 cm³/mol. The number of alkyl halides is 1. The largest absolute Gasteiger partial charge is 0.396 e. The Hall–Kier alpha value is -1.55. The fraction of sp³-hybridized carbons (Fsp3) is 0.333. The van der Waals surface area contributed by atoms with Crippen LogP contribution in [0.25, 0.3) is 11.0 Å². The lowest BCUT2D eigenvalue weighted by molar-refractivity contribution is 0.786. The predicted octanol–water partition coefficient (Wildman–Crippen LogP) is 2.36. The lowest BCUT2D eigenvalue weighted by Gasteiger charge is -2.09. The Morgan fingerprint density at radius 1 is 1.18 bits per heavy atom. The van der Waals surface area contributed by atoms with Crippen LogP contribution >= 0.6 is 11.6 Å². The van der Waals surface area contributed by atoms with Gasteiger partial charge in [-0.05, 0) is 31.4 Å². The number of fused-ring (bicyclic) bond motifs is 1. The molecule has 90 valence electrons. The van der Waals surface area contributed by atoms with E-state index < -0.39 is 0 Å².